The Morgan fingerprint density at radius 2 is 1.70 bits per heavy atom. The van der Waals surface area contributed by atoms with Crippen molar-refractivity contribution in [1.82, 2.24) is 10.2 Å². The van der Waals surface area contributed by atoms with Crippen LogP contribution in [-0.4, -0.2) is 53.6 Å². The van der Waals surface area contributed by atoms with E-state index in [9.17, 15) is 4.79 Å². The number of fused-ring (bicyclic) bond motifs is 1. The van der Waals surface area contributed by atoms with Crippen molar-refractivity contribution in [3.63, 3.8) is 0 Å². The number of quaternary nitrogens is 1. The lowest BCUT2D eigenvalue weighted by Crippen LogP contribution is -2.50. The van der Waals surface area contributed by atoms with Crippen molar-refractivity contribution in [2.24, 2.45) is 0 Å². The monoisotopic (exact) mass is 365 g/mol. The van der Waals surface area contributed by atoms with Crippen LogP contribution in [0.3, 0.4) is 0 Å². The third-order valence-corrected chi connectivity index (χ3v) is 4.73. The molecule has 2 heterocycles. The zero-order valence-corrected chi connectivity index (χ0v) is 15.5. The summed E-state index contributed by atoms with van der Waals surface area (Å²) < 4.78 is 6.72. The number of benzene rings is 2. The van der Waals surface area contributed by atoms with Gasteiger partial charge in [-0.25, -0.2) is 4.79 Å². The molecule has 0 unspecified atom stereocenters. The average Bonchev–Trinajstić information content (AvgIpc) is 3.10. The molecule has 27 heavy (non-hydrogen) atoms. The highest BCUT2D eigenvalue weighted by molar-refractivity contribution is 5.88. The normalized spacial score (nSPS) is 15.4. The average molecular weight is 365 g/mol. The maximum absolute atomic E-state index is 11.0. The SMILES string of the molecule is CN1C[N+](C)(C)Cc2cc(-c3nnc(-c4ccc(C(=O)O)cc4)o3)ccc21. The molecule has 4 rings (SSSR count). The van der Waals surface area contributed by atoms with Gasteiger partial charge in [0.1, 0.15) is 6.54 Å². The number of carbonyl (C=O) groups is 1. The van der Waals surface area contributed by atoms with Crippen LogP contribution < -0.4 is 4.90 Å². The summed E-state index contributed by atoms with van der Waals surface area (Å²) >= 11 is 0. The van der Waals surface area contributed by atoms with Crippen LogP contribution in [0.4, 0.5) is 5.69 Å². The summed E-state index contributed by atoms with van der Waals surface area (Å²) in [6.45, 7) is 1.90. The minimum absolute atomic E-state index is 0.220. The van der Waals surface area contributed by atoms with E-state index in [1.165, 1.54) is 23.4 Å². The van der Waals surface area contributed by atoms with E-state index in [2.05, 4.69) is 48.4 Å². The fourth-order valence-corrected chi connectivity index (χ4v) is 3.59. The first-order chi connectivity index (χ1) is 12.8. The van der Waals surface area contributed by atoms with Crippen LogP contribution in [0.5, 0.6) is 0 Å². The summed E-state index contributed by atoms with van der Waals surface area (Å²) in [6, 6.07) is 12.6. The van der Waals surface area contributed by atoms with Crippen LogP contribution >= 0.6 is 0 Å². The highest BCUT2D eigenvalue weighted by Gasteiger charge is 2.28. The van der Waals surface area contributed by atoms with Crippen LogP contribution in [0.1, 0.15) is 15.9 Å². The molecule has 0 amide bonds. The second kappa shape index (κ2) is 6.21. The lowest BCUT2D eigenvalue weighted by atomic mass is 10.0. The van der Waals surface area contributed by atoms with E-state index in [1.54, 1.807) is 12.1 Å². The van der Waals surface area contributed by atoms with E-state index in [1.807, 2.05) is 6.07 Å². The van der Waals surface area contributed by atoms with E-state index < -0.39 is 5.97 Å². The van der Waals surface area contributed by atoms with Gasteiger partial charge >= 0.3 is 5.97 Å². The lowest BCUT2D eigenvalue weighted by molar-refractivity contribution is -0.904. The Hall–Kier alpha value is -3.19. The molecule has 0 saturated heterocycles. The highest BCUT2D eigenvalue weighted by atomic mass is 16.4. The Kier molecular flexibility index (Phi) is 3.96. The Morgan fingerprint density at radius 1 is 1.07 bits per heavy atom. The van der Waals surface area contributed by atoms with Crippen LogP contribution in [-0.2, 0) is 6.54 Å². The number of anilines is 1. The van der Waals surface area contributed by atoms with Gasteiger partial charge in [0.15, 0.2) is 6.67 Å². The zero-order valence-electron chi connectivity index (χ0n) is 15.5. The molecule has 0 atom stereocenters. The molecule has 1 aliphatic rings. The van der Waals surface area contributed by atoms with E-state index in [4.69, 9.17) is 9.52 Å². The van der Waals surface area contributed by atoms with Crippen LogP contribution in [0, 0.1) is 0 Å². The Bertz CT molecular complexity index is 1010. The molecule has 0 saturated carbocycles. The van der Waals surface area contributed by atoms with Crippen molar-refractivity contribution in [3.8, 4) is 22.9 Å². The highest BCUT2D eigenvalue weighted by Crippen LogP contribution is 2.33. The summed E-state index contributed by atoms with van der Waals surface area (Å²) in [5, 5.41) is 17.3. The molecule has 1 N–H and O–H groups in total. The second-order valence-electron chi connectivity index (χ2n) is 7.57. The molecular formula is C20H21N4O3+. The smallest absolute Gasteiger partial charge is 0.335 e. The van der Waals surface area contributed by atoms with Crippen molar-refractivity contribution >= 4 is 11.7 Å². The van der Waals surface area contributed by atoms with Crippen molar-refractivity contribution < 1.29 is 18.8 Å². The molecule has 1 aliphatic heterocycles. The molecule has 138 valence electrons. The minimum Gasteiger partial charge on any atom is -0.478 e. The van der Waals surface area contributed by atoms with Gasteiger partial charge in [-0.3, -0.25) is 0 Å². The van der Waals surface area contributed by atoms with Gasteiger partial charge < -0.3 is 18.9 Å². The van der Waals surface area contributed by atoms with Crippen molar-refractivity contribution in [1.29, 1.82) is 0 Å². The summed E-state index contributed by atoms with van der Waals surface area (Å²) in [4.78, 5) is 13.2. The van der Waals surface area contributed by atoms with Crippen LogP contribution in [0.2, 0.25) is 0 Å². The number of hydrogen-bond donors (Lipinski definition) is 1. The van der Waals surface area contributed by atoms with E-state index in [-0.39, 0.29) is 5.56 Å². The number of hydrogen-bond acceptors (Lipinski definition) is 5. The molecule has 0 aliphatic carbocycles. The van der Waals surface area contributed by atoms with Gasteiger partial charge in [0, 0.05) is 29.4 Å². The maximum Gasteiger partial charge on any atom is 0.335 e. The Balaban J connectivity index is 1.65. The van der Waals surface area contributed by atoms with Gasteiger partial charge in [-0.1, -0.05) is 0 Å². The largest absolute Gasteiger partial charge is 0.478 e. The standard InChI is InChI=1S/C20H20N4O3/c1-23-12-24(2,3)11-16-10-15(8-9-17(16)23)19-22-21-18(27-19)13-4-6-14(7-5-13)20(25)26/h4-10H,11-12H2,1-3H3/p+1. The molecule has 0 fully saturated rings. The summed E-state index contributed by atoms with van der Waals surface area (Å²) in [7, 11) is 6.51. The molecule has 0 spiro atoms. The Labute approximate surface area is 157 Å². The predicted octanol–water partition coefficient (Wildman–Crippen LogP) is 3.09. The maximum atomic E-state index is 11.0. The molecule has 1 aromatic heterocycles. The molecule has 7 nitrogen and oxygen atoms in total. The molecule has 0 bridgehead atoms. The van der Waals surface area contributed by atoms with Gasteiger partial charge in [0.2, 0.25) is 11.8 Å². The number of carboxylic acids is 1. The number of carboxylic acid groups (broad SMARTS) is 1. The molecule has 0 radical (unpaired) electrons. The van der Waals surface area contributed by atoms with Gasteiger partial charge in [-0.15, -0.1) is 10.2 Å². The van der Waals surface area contributed by atoms with Crippen molar-refractivity contribution in [2.45, 2.75) is 6.54 Å². The van der Waals surface area contributed by atoms with Gasteiger partial charge in [0.25, 0.3) is 0 Å². The quantitative estimate of drug-likeness (QED) is 0.719. The minimum atomic E-state index is -0.965. The van der Waals surface area contributed by atoms with E-state index in [0.717, 1.165) is 23.3 Å². The first-order valence-electron chi connectivity index (χ1n) is 8.66. The number of rotatable bonds is 3. The third-order valence-electron chi connectivity index (χ3n) is 4.73. The van der Waals surface area contributed by atoms with Crippen LogP contribution in [0.25, 0.3) is 22.9 Å². The zero-order chi connectivity index (χ0) is 19.2. The first-order valence-corrected chi connectivity index (χ1v) is 8.66. The third kappa shape index (κ3) is 3.29. The Morgan fingerprint density at radius 3 is 2.37 bits per heavy atom. The summed E-state index contributed by atoms with van der Waals surface area (Å²) in [5.41, 5.74) is 4.26. The number of nitrogens with zero attached hydrogens (tertiary/aromatic N) is 4. The topological polar surface area (TPSA) is 79.5 Å². The summed E-state index contributed by atoms with van der Waals surface area (Å²) in [6.07, 6.45) is 0. The van der Waals surface area contributed by atoms with E-state index >= 15 is 0 Å². The summed E-state index contributed by atoms with van der Waals surface area (Å²) in [5.74, 6) is -0.144. The first kappa shape index (κ1) is 17.2. The predicted molar refractivity (Wildman–Crippen MR) is 101 cm³/mol. The van der Waals surface area contributed by atoms with E-state index in [0.29, 0.717) is 17.3 Å². The number of aromatic carboxylic acids is 1. The van der Waals surface area contributed by atoms with Gasteiger partial charge in [0.05, 0.1) is 19.7 Å². The van der Waals surface area contributed by atoms with Crippen molar-refractivity contribution in [2.75, 3.05) is 32.7 Å². The van der Waals surface area contributed by atoms with Crippen LogP contribution in [0.15, 0.2) is 46.9 Å². The van der Waals surface area contributed by atoms with Gasteiger partial charge in [-0.2, -0.15) is 0 Å². The fraction of sp³-hybridized carbons (Fsp3) is 0.250. The number of aromatic nitrogens is 2. The van der Waals surface area contributed by atoms with Crippen molar-refractivity contribution in [3.05, 3.63) is 53.6 Å². The molecule has 2 aromatic carbocycles. The molecular weight excluding hydrogens is 344 g/mol. The lowest BCUT2D eigenvalue weighted by Gasteiger charge is -2.40. The van der Waals surface area contributed by atoms with Gasteiger partial charge in [-0.05, 0) is 42.5 Å². The molecule has 7 heteroatoms. The molecule has 3 aromatic rings. The second-order valence-corrected chi connectivity index (χ2v) is 7.57. The fourth-order valence-electron chi connectivity index (χ4n) is 3.59.